The van der Waals surface area contributed by atoms with Crippen LogP contribution in [0.25, 0.3) is 0 Å². The Morgan fingerprint density at radius 1 is 1.05 bits per heavy atom. The van der Waals surface area contributed by atoms with E-state index < -0.39 is 0 Å². The highest BCUT2D eigenvalue weighted by Gasteiger charge is 2.59. The first-order chi connectivity index (χ1) is 10.5. The summed E-state index contributed by atoms with van der Waals surface area (Å²) >= 11 is 0. The van der Waals surface area contributed by atoms with Crippen molar-refractivity contribution < 1.29 is 5.11 Å². The van der Waals surface area contributed by atoms with Gasteiger partial charge in [0.2, 0.25) is 0 Å². The first kappa shape index (κ1) is 15.0. The van der Waals surface area contributed by atoms with E-state index >= 15 is 0 Å². The number of nitrogens with two attached hydrogens (primary N) is 1. The number of rotatable bonds is 0. The molecule has 3 nitrogen and oxygen atoms in total. The zero-order chi connectivity index (χ0) is 15.5. The molecule has 0 bridgehead atoms. The van der Waals surface area contributed by atoms with Gasteiger partial charge in [0.25, 0.3) is 0 Å². The van der Waals surface area contributed by atoms with Crippen LogP contribution in [0.3, 0.4) is 0 Å². The molecule has 0 heterocycles. The summed E-state index contributed by atoms with van der Waals surface area (Å²) in [5.41, 5.74) is 2.06. The average Bonchev–Trinajstić information content (AvgIpc) is 2.84. The van der Waals surface area contributed by atoms with E-state index in [1.165, 1.54) is 44.2 Å². The van der Waals surface area contributed by atoms with E-state index in [-0.39, 0.29) is 11.5 Å². The molecule has 0 unspecified atom stereocenters. The topological polar surface area (TPSA) is 58.6 Å². The van der Waals surface area contributed by atoms with Crippen molar-refractivity contribution in [2.45, 2.75) is 77.7 Å². The second kappa shape index (κ2) is 4.96. The van der Waals surface area contributed by atoms with E-state index in [9.17, 15) is 5.11 Å². The van der Waals surface area contributed by atoms with Crippen LogP contribution in [0.2, 0.25) is 0 Å². The van der Waals surface area contributed by atoms with Crippen LogP contribution < -0.4 is 5.84 Å². The van der Waals surface area contributed by atoms with Crippen molar-refractivity contribution in [1.82, 2.24) is 0 Å². The van der Waals surface area contributed by atoms with Crippen molar-refractivity contribution in [2.75, 3.05) is 0 Å². The van der Waals surface area contributed by atoms with Crippen LogP contribution in [-0.4, -0.2) is 16.9 Å². The number of hydrogen-bond acceptors (Lipinski definition) is 3. The molecule has 0 aliphatic heterocycles. The summed E-state index contributed by atoms with van der Waals surface area (Å²) in [5, 5.41) is 14.3. The molecule has 0 aromatic rings. The van der Waals surface area contributed by atoms with Gasteiger partial charge in [0, 0.05) is 11.1 Å². The molecule has 4 fully saturated rings. The Hall–Kier alpha value is -0.570. The summed E-state index contributed by atoms with van der Waals surface area (Å²) in [4.78, 5) is 0. The summed E-state index contributed by atoms with van der Waals surface area (Å²) in [7, 11) is 0. The maximum atomic E-state index is 10.1. The van der Waals surface area contributed by atoms with Crippen molar-refractivity contribution in [1.29, 1.82) is 0 Å². The van der Waals surface area contributed by atoms with Crippen LogP contribution in [-0.2, 0) is 0 Å². The molecular weight excluding hydrogens is 272 g/mol. The number of hydrazone groups is 1. The zero-order valence-corrected chi connectivity index (χ0v) is 14.2. The van der Waals surface area contributed by atoms with Gasteiger partial charge in [-0.2, -0.15) is 5.10 Å². The molecule has 3 N–H and O–H groups in total. The van der Waals surface area contributed by atoms with E-state index in [4.69, 9.17) is 5.84 Å². The molecule has 4 aliphatic rings. The van der Waals surface area contributed by atoms with E-state index in [1.54, 1.807) is 0 Å². The first-order valence-electron chi connectivity index (χ1n) is 9.44. The largest absolute Gasteiger partial charge is 0.393 e. The van der Waals surface area contributed by atoms with Crippen molar-refractivity contribution in [3.8, 4) is 0 Å². The summed E-state index contributed by atoms with van der Waals surface area (Å²) in [6, 6.07) is 0. The number of aliphatic hydroxyl groups excluding tert-OH is 1. The van der Waals surface area contributed by atoms with Crippen LogP contribution >= 0.6 is 0 Å². The molecule has 0 aromatic heterocycles. The highest BCUT2D eigenvalue weighted by Crippen LogP contribution is 2.65. The minimum atomic E-state index is -0.0362. The van der Waals surface area contributed by atoms with Crippen molar-refractivity contribution in [2.24, 2.45) is 45.4 Å². The Bertz CT molecular complexity index is 490. The smallest absolute Gasteiger partial charge is 0.0543 e. The summed E-state index contributed by atoms with van der Waals surface area (Å²) in [6.07, 6.45) is 11.0. The van der Waals surface area contributed by atoms with Crippen molar-refractivity contribution in [3.63, 3.8) is 0 Å². The predicted molar refractivity (Wildman–Crippen MR) is 89.4 cm³/mol. The predicted octanol–water partition coefficient (Wildman–Crippen LogP) is 3.70. The molecule has 0 amide bonds. The van der Waals surface area contributed by atoms with Crippen LogP contribution in [0.5, 0.6) is 0 Å². The second-order valence-corrected chi connectivity index (χ2v) is 9.16. The lowest BCUT2D eigenvalue weighted by molar-refractivity contribution is -0.113. The molecular formula is C19H32N2O. The molecule has 4 aliphatic carbocycles. The molecule has 22 heavy (non-hydrogen) atoms. The van der Waals surface area contributed by atoms with Gasteiger partial charge >= 0.3 is 0 Å². The minimum absolute atomic E-state index is 0.0362. The standard InChI is InChI=1S/C19H32N2O/c1-18-9-7-13(22)11-12(18)3-4-14-15-5-6-17(21-20)19(15,2)10-8-16(14)18/h12-16,22H,3-11,20H2,1-2H3/t12-,13-,14-,15-,16-,18-,19-/m0/s1. The Morgan fingerprint density at radius 3 is 2.64 bits per heavy atom. The van der Waals surface area contributed by atoms with Gasteiger partial charge in [0.05, 0.1) is 6.10 Å². The fourth-order valence-electron chi connectivity index (χ4n) is 7.24. The van der Waals surface area contributed by atoms with Gasteiger partial charge in [0.1, 0.15) is 0 Å². The lowest BCUT2D eigenvalue weighted by atomic mass is 9.45. The molecule has 0 saturated heterocycles. The van der Waals surface area contributed by atoms with Crippen molar-refractivity contribution >= 4 is 5.71 Å². The molecule has 4 saturated carbocycles. The highest BCUT2D eigenvalue weighted by molar-refractivity contribution is 5.92. The van der Waals surface area contributed by atoms with Crippen LogP contribution in [0.4, 0.5) is 0 Å². The molecule has 0 aromatic carbocycles. The fourth-order valence-corrected chi connectivity index (χ4v) is 7.24. The molecule has 4 rings (SSSR count). The highest BCUT2D eigenvalue weighted by atomic mass is 16.3. The van der Waals surface area contributed by atoms with E-state index in [1.807, 2.05) is 0 Å². The third-order valence-corrected chi connectivity index (χ3v) is 8.53. The Morgan fingerprint density at radius 2 is 1.86 bits per heavy atom. The van der Waals surface area contributed by atoms with E-state index in [0.29, 0.717) is 5.41 Å². The minimum Gasteiger partial charge on any atom is -0.393 e. The Kier molecular flexibility index (Phi) is 3.38. The summed E-state index contributed by atoms with van der Waals surface area (Å²) in [5.74, 6) is 9.00. The fraction of sp³-hybridized carbons (Fsp3) is 0.947. The van der Waals surface area contributed by atoms with E-state index in [2.05, 4.69) is 18.9 Å². The molecule has 124 valence electrons. The van der Waals surface area contributed by atoms with Gasteiger partial charge in [-0.3, -0.25) is 0 Å². The lowest BCUT2D eigenvalue weighted by Crippen LogP contribution is -2.54. The van der Waals surface area contributed by atoms with Gasteiger partial charge in [-0.05, 0) is 86.9 Å². The van der Waals surface area contributed by atoms with Crippen LogP contribution in [0.15, 0.2) is 5.10 Å². The number of nitrogens with zero attached hydrogens (tertiary/aromatic N) is 1. The third kappa shape index (κ3) is 1.87. The van der Waals surface area contributed by atoms with Gasteiger partial charge in [-0.25, -0.2) is 0 Å². The van der Waals surface area contributed by atoms with Crippen molar-refractivity contribution in [3.05, 3.63) is 0 Å². The third-order valence-electron chi connectivity index (χ3n) is 8.53. The number of aliphatic hydroxyl groups is 1. The van der Waals surface area contributed by atoms with Crippen LogP contribution in [0, 0.1) is 34.5 Å². The maximum Gasteiger partial charge on any atom is 0.0543 e. The molecule has 0 spiro atoms. The molecule has 0 radical (unpaired) electrons. The maximum absolute atomic E-state index is 10.1. The SMILES string of the molecule is C[C@]12CC[C@H](O)C[C@@H]1CC[C@@H]1[C@@H]2CC[C@]2(C)C(=NN)CC[C@@H]12. The summed E-state index contributed by atoms with van der Waals surface area (Å²) in [6.45, 7) is 4.99. The Balaban J connectivity index is 1.63. The number of hydrogen-bond donors (Lipinski definition) is 2. The first-order valence-corrected chi connectivity index (χ1v) is 9.44. The molecule has 7 atom stereocenters. The summed E-state index contributed by atoms with van der Waals surface area (Å²) < 4.78 is 0. The number of fused-ring (bicyclic) bond motifs is 5. The van der Waals surface area contributed by atoms with Gasteiger partial charge in [0.15, 0.2) is 0 Å². The molecule has 3 heteroatoms. The Labute approximate surface area is 134 Å². The lowest BCUT2D eigenvalue weighted by Gasteiger charge is -2.60. The second-order valence-electron chi connectivity index (χ2n) is 9.16. The van der Waals surface area contributed by atoms with Crippen LogP contribution in [0.1, 0.15) is 71.6 Å². The average molecular weight is 304 g/mol. The quantitative estimate of drug-likeness (QED) is 0.529. The van der Waals surface area contributed by atoms with E-state index in [0.717, 1.165) is 42.9 Å². The monoisotopic (exact) mass is 304 g/mol. The van der Waals surface area contributed by atoms with Gasteiger partial charge in [-0.1, -0.05) is 13.8 Å². The van der Waals surface area contributed by atoms with Gasteiger partial charge in [-0.15, -0.1) is 0 Å². The zero-order valence-electron chi connectivity index (χ0n) is 14.2. The van der Waals surface area contributed by atoms with Gasteiger partial charge < -0.3 is 10.9 Å². The normalized spacial score (nSPS) is 56.3.